The van der Waals surface area contributed by atoms with Crippen molar-refractivity contribution in [2.24, 2.45) is 7.05 Å². The number of aromatic nitrogens is 6. The molecule has 0 saturated heterocycles. The lowest BCUT2D eigenvalue weighted by molar-refractivity contribution is 0.391. The van der Waals surface area contributed by atoms with Gasteiger partial charge in [-0.05, 0) is 31.2 Å². The fourth-order valence-corrected chi connectivity index (χ4v) is 3.04. The monoisotopic (exact) mass is 338 g/mol. The minimum Gasteiger partial charge on any atom is -0.338 e. The number of fused-ring (bicyclic) bond motifs is 1. The normalized spacial score (nSPS) is 11.2. The molecule has 0 aliphatic heterocycles. The Morgan fingerprint density at radius 3 is 2.96 bits per heavy atom. The van der Waals surface area contributed by atoms with E-state index >= 15 is 0 Å². The lowest BCUT2D eigenvalue weighted by Crippen LogP contribution is -1.89. The fraction of sp³-hybridized carbons (Fsp3) is 0.188. The number of thioether (sulfide) groups is 1. The van der Waals surface area contributed by atoms with E-state index in [0.29, 0.717) is 22.6 Å². The Bertz CT molecular complexity index is 1010. The molecule has 0 spiro atoms. The highest BCUT2D eigenvalue weighted by molar-refractivity contribution is 7.98. The Hall–Kier alpha value is -2.74. The van der Waals surface area contributed by atoms with E-state index in [0.717, 1.165) is 22.3 Å². The third kappa shape index (κ3) is 2.88. The van der Waals surface area contributed by atoms with E-state index in [1.807, 2.05) is 42.8 Å². The Morgan fingerprint density at radius 1 is 1.17 bits per heavy atom. The van der Waals surface area contributed by atoms with Crippen molar-refractivity contribution in [1.29, 1.82) is 0 Å². The fourth-order valence-electron chi connectivity index (χ4n) is 2.33. The van der Waals surface area contributed by atoms with Gasteiger partial charge in [-0.15, -0.1) is 0 Å². The molecule has 7 nitrogen and oxygen atoms in total. The lowest BCUT2D eigenvalue weighted by atomic mass is 10.2. The summed E-state index contributed by atoms with van der Waals surface area (Å²) < 4.78 is 7.30. The van der Waals surface area contributed by atoms with Crippen LogP contribution in [-0.4, -0.2) is 29.7 Å². The largest absolute Gasteiger partial charge is 0.338 e. The summed E-state index contributed by atoms with van der Waals surface area (Å²) in [5.41, 5.74) is 3.79. The number of hydrogen-bond donors (Lipinski definition) is 0. The van der Waals surface area contributed by atoms with E-state index in [1.165, 1.54) is 11.8 Å². The van der Waals surface area contributed by atoms with E-state index in [4.69, 9.17) is 4.52 Å². The van der Waals surface area contributed by atoms with Crippen molar-refractivity contribution in [1.82, 2.24) is 29.7 Å². The summed E-state index contributed by atoms with van der Waals surface area (Å²) in [4.78, 5) is 17.3. The highest BCUT2D eigenvalue weighted by Gasteiger charge is 2.11. The van der Waals surface area contributed by atoms with E-state index in [-0.39, 0.29) is 0 Å². The Balaban J connectivity index is 1.53. The highest BCUT2D eigenvalue weighted by atomic mass is 32.2. The molecule has 4 aromatic rings. The summed E-state index contributed by atoms with van der Waals surface area (Å²) in [6, 6.07) is 7.79. The predicted octanol–water partition coefficient (Wildman–Crippen LogP) is 3.01. The van der Waals surface area contributed by atoms with Crippen LogP contribution in [-0.2, 0) is 12.8 Å². The molecule has 3 aromatic heterocycles. The molecule has 0 radical (unpaired) electrons. The molecule has 0 N–H and O–H groups in total. The smallest absolute Gasteiger partial charge is 0.237 e. The minimum atomic E-state index is 0.530. The lowest BCUT2D eigenvalue weighted by Gasteiger charge is -1.97. The second kappa shape index (κ2) is 6.04. The van der Waals surface area contributed by atoms with Gasteiger partial charge in [-0.3, -0.25) is 0 Å². The molecular weight excluding hydrogens is 324 g/mol. The quantitative estimate of drug-likeness (QED) is 0.418. The summed E-state index contributed by atoms with van der Waals surface area (Å²) in [6.07, 6.45) is 3.53. The van der Waals surface area contributed by atoms with Crippen LogP contribution in [0, 0.1) is 6.92 Å². The molecule has 0 amide bonds. The Labute approximate surface area is 142 Å². The first-order valence-corrected chi connectivity index (χ1v) is 8.34. The molecule has 0 atom stereocenters. The molecule has 24 heavy (non-hydrogen) atoms. The van der Waals surface area contributed by atoms with Gasteiger partial charge in [0.15, 0.2) is 5.16 Å². The third-order valence-electron chi connectivity index (χ3n) is 3.55. The van der Waals surface area contributed by atoms with Crippen LogP contribution in [0.2, 0.25) is 0 Å². The first-order valence-electron chi connectivity index (χ1n) is 7.35. The SMILES string of the molecule is Cc1ccnc(SCc2nc(-c3ccc4c(c3)ncn4C)no2)n1. The maximum Gasteiger partial charge on any atom is 0.237 e. The highest BCUT2D eigenvalue weighted by Crippen LogP contribution is 2.23. The Morgan fingerprint density at radius 2 is 2.08 bits per heavy atom. The van der Waals surface area contributed by atoms with Crippen LogP contribution in [0.25, 0.3) is 22.4 Å². The molecular formula is C16H14N6OS. The molecule has 0 fully saturated rings. The van der Waals surface area contributed by atoms with Crippen molar-refractivity contribution in [3.63, 3.8) is 0 Å². The zero-order chi connectivity index (χ0) is 16.5. The average Bonchev–Trinajstić information content (AvgIpc) is 3.20. The molecule has 0 unspecified atom stereocenters. The van der Waals surface area contributed by atoms with Gasteiger partial charge >= 0.3 is 0 Å². The number of aryl methyl sites for hydroxylation is 2. The Kier molecular flexibility index (Phi) is 3.73. The van der Waals surface area contributed by atoms with E-state index in [2.05, 4.69) is 25.1 Å². The molecule has 4 rings (SSSR count). The molecule has 0 saturated carbocycles. The van der Waals surface area contributed by atoms with E-state index in [9.17, 15) is 0 Å². The van der Waals surface area contributed by atoms with Gasteiger partial charge in [-0.2, -0.15) is 4.98 Å². The maximum atomic E-state index is 5.33. The second-order valence-electron chi connectivity index (χ2n) is 5.34. The van der Waals surface area contributed by atoms with Crippen LogP contribution in [0.3, 0.4) is 0 Å². The summed E-state index contributed by atoms with van der Waals surface area (Å²) >= 11 is 1.47. The van der Waals surface area contributed by atoms with Crippen LogP contribution in [0.1, 0.15) is 11.6 Å². The number of benzene rings is 1. The van der Waals surface area contributed by atoms with Gasteiger partial charge in [0.25, 0.3) is 0 Å². The van der Waals surface area contributed by atoms with Gasteiger partial charge < -0.3 is 9.09 Å². The summed E-state index contributed by atoms with van der Waals surface area (Å²) in [5, 5.41) is 4.75. The topological polar surface area (TPSA) is 82.5 Å². The summed E-state index contributed by atoms with van der Waals surface area (Å²) in [6.45, 7) is 1.93. The van der Waals surface area contributed by atoms with Crippen molar-refractivity contribution < 1.29 is 4.52 Å². The molecule has 8 heteroatoms. The molecule has 1 aromatic carbocycles. The minimum absolute atomic E-state index is 0.530. The van der Waals surface area contributed by atoms with E-state index in [1.54, 1.807) is 12.5 Å². The van der Waals surface area contributed by atoms with Crippen LogP contribution in [0.4, 0.5) is 0 Å². The van der Waals surface area contributed by atoms with Crippen molar-refractivity contribution in [3.8, 4) is 11.4 Å². The molecule has 0 aliphatic carbocycles. The molecule has 0 aliphatic rings. The molecule has 120 valence electrons. The van der Waals surface area contributed by atoms with Gasteiger partial charge in [0, 0.05) is 24.5 Å². The average molecular weight is 338 g/mol. The van der Waals surface area contributed by atoms with Crippen molar-refractivity contribution >= 4 is 22.8 Å². The van der Waals surface area contributed by atoms with Crippen molar-refractivity contribution in [2.45, 2.75) is 17.8 Å². The maximum absolute atomic E-state index is 5.33. The second-order valence-corrected chi connectivity index (χ2v) is 6.28. The standard InChI is InChI=1S/C16H14N6OS/c1-10-5-6-17-16(19-10)24-8-14-20-15(21-23-14)11-3-4-13-12(7-11)18-9-22(13)2/h3-7,9H,8H2,1-2H3. The zero-order valence-corrected chi connectivity index (χ0v) is 14.0. The van der Waals surface area contributed by atoms with Crippen LogP contribution in [0.5, 0.6) is 0 Å². The number of hydrogen-bond acceptors (Lipinski definition) is 7. The molecule has 3 heterocycles. The first kappa shape index (κ1) is 14.8. The molecule has 0 bridgehead atoms. The van der Waals surface area contributed by atoms with Gasteiger partial charge in [0.1, 0.15) is 0 Å². The predicted molar refractivity (Wildman–Crippen MR) is 90.3 cm³/mol. The van der Waals surface area contributed by atoms with Crippen LogP contribution >= 0.6 is 11.8 Å². The van der Waals surface area contributed by atoms with Gasteiger partial charge in [0.05, 0.1) is 23.1 Å². The van der Waals surface area contributed by atoms with Crippen molar-refractivity contribution in [2.75, 3.05) is 0 Å². The number of rotatable bonds is 4. The van der Waals surface area contributed by atoms with Gasteiger partial charge in [0.2, 0.25) is 11.7 Å². The van der Waals surface area contributed by atoms with Crippen LogP contribution in [0.15, 0.2) is 46.5 Å². The van der Waals surface area contributed by atoms with Gasteiger partial charge in [-0.1, -0.05) is 16.9 Å². The zero-order valence-electron chi connectivity index (χ0n) is 13.2. The summed E-state index contributed by atoms with van der Waals surface area (Å²) in [5.74, 6) is 1.63. The third-order valence-corrected chi connectivity index (χ3v) is 4.40. The van der Waals surface area contributed by atoms with Crippen molar-refractivity contribution in [3.05, 3.63) is 48.4 Å². The van der Waals surface area contributed by atoms with Gasteiger partial charge in [-0.25, -0.2) is 15.0 Å². The summed E-state index contributed by atoms with van der Waals surface area (Å²) in [7, 11) is 1.96. The van der Waals surface area contributed by atoms with Crippen LogP contribution < -0.4 is 0 Å². The number of nitrogens with zero attached hydrogens (tertiary/aromatic N) is 6. The van der Waals surface area contributed by atoms with E-state index < -0.39 is 0 Å². The number of imidazole rings is 1. The first-order chi connectivity index (χ1) is 11.7.